The maximum absolute atomic E-state index is 4.40. The van der Waals surface area contributed by atoms with Crippen LogP contribution in [0.4, 0.5) is 0 Å². The Labute approximate surface area is 103 Å². The maximum Gasteiger partial charge on any atom is 0.174 e. The van der Waals surface area contributed by atoms with Crippen LogP contribution >= 0.6 is 0 Å². The quantitative estimate of drug-likeness (QED) is 0.852. The number of rotatable bonds is 4. The van der Waals surface area contributed by atoms with E-state index >= 15 is 0 Å². The molecule has 0 saturated carbocycles. The fourth-order valence-electron chi connectivity index (χ4n) is 2.97. The van der Waals surface area contributed by atoms with Crippen LogP contribution in [0.3, 0.4) is 0 Å². The van der Waals surface area contributed by atoms with Gasteiger partial charge in [0, 0.05) is 0 Å². The number of aryl methyl sites for hydroxylation is 2. The van der Waals surface area contributed by atoms with Crippen molar-refractivity contribution in [3.8, 4) is 0 Å². The Bertz CT molecular complexity index is 477. The number of imidazole rings is 1. The van der Waals surface area contributed by atoms with Crippen molar-refractivity contribution in [1.29, 1.82) is 0 Å². The first-order valence-electron chi connectivity index (χ1n) is 6.69. The molecule has 1 N–H and O–H groups in total. The first-order chi connectivity index (χ1) is 8.28. The lowest BCUT2D eigenvalue weighted by molar-refractivity contribution is 0.957. The van der Waals surface area contributed by atoms with Gasteiger partial charge in [0.15, 0.2) is 6.33 Å². The molecule has 0 amide bonds. The van der Waals surface area contributed by atoms with E-state index in [4.69, 9.17) is 0 Å². The number of fused-ring (bicyclic) bond motifs is 1. The lowest BCUT2D eigenvalue weighted by Gasteiger charge is -2.17. The van der Waals surface area contributed by atoms with Gasteiger partial charge in [-0.2, -0.15) is 0 Å². The summed E-state index contributed by atoms with van der Waals surface area (Å²) in [6.45, 7) is 8.93. The van der Waals surface area contributed by atoms with Crippen LogP contribution in [0, 0.1) is 6.33 Å². The summed E-state index contributed by atoms with van der Waals surface area (Å²) in [5.74, 6) is 0. The molecule has 0 aliphatic rings. The number of nitrogens with zero attached hydrogens (tertiary/aromatic N) is 1. The highest BCUT2D eigenvalue weighted by molar-refractivity contribution is 5.84. The van der Waals surface area contributed by atoms with Gasteiger partial charge in [0.2, 0.25) is 0 Å². The Balaban J connectivity index is 2.89. The zero-order valence-corrected chi connectivity index (χ0v) is 11.3. The van der Waals surface area contributed by atoms with E-state index in [-0.39, 0.29) is 0 Å². The van der Waals surface area contributed by atoms with Crippen molar-refractivity contribution in [2.45, 2.75) is 53.4 Å². The number of hydrogen-bond acceptors (Lipinski definition) is 1. The minimum atomic E-state index is 1.05. The topological polar surface area (TPSA) is 28.7 Å². The molecular weight excluding hydrogens is 208 g/mol. The molecule has 1 aromatic carbocycles. The normalized spacial score (nSPS) is 11.3. The summed E-state index contributed by atoms with van der Waals surface area (Å²) < 4.78 is 0. The monoisotopic (exact) mass is 229 g/mol. The minimum absolute atomic E-state index is 1.05. The molecule has 0 spiro atoms. The molecular formula is C15H21N2. The zero-order chi connectivity index (χ0) is 12.4. The highest BCUT2D eigenvalue weighted by Crippen LogP contribution is 2.30. The van der Waals surface area contributed by atoms with Crippen molar-refractivity contribution in [3.05, 3.63) is 28.6 Å². The first-order valence-corrected chi connectivity index (χ1v) is 6.69. The molecule has 2 nitrogen and oxygen atoms in total. The van der Waals surface area contributed by atoms with Crippen LogP contribution in [-0.2, 0) is 25.7 Å². The molecule has 2 heteroatoms. The Kier molecular flexibility index (Phi) is 3.51. The molecule has 0 fully saturated rings. The third kappa shape index (κ3) is 1.76. The number of aromatic nitrogens is 2. The van der Waals surface area contributed by atoms with Crippen LogP contribution < -0.4 is 0 Å². The van der Waals surface area contributed by atoms with Gasteiger partial charge in [0.05, 0.1) is 11.0 Å². The molecule has 1 radical (unpaired) electrons. The maximum atomic E-state index is 4.40. The molecule has 0 aliphatic heterocycles. The lowest BCUT2D eigenvalue weighted by atomic mass is 9.89. The molecule has 1 heterocycles. The van der Waals surface area contributed by atoms with E-state index in [0.717, 1.165) is 31.2 Å². The number of aromatic amines is 1. The third-order valence-electron chi connectivity index (χ3n) is 3.68. The van der Waals surface area contributed by atoms with Crippen LogP contribution in [0.1, 0.15) is 49.9 Å². The van der Waals surface area contributed by atoms with E-state index < -0.39 is 0 Å². The molecule has 2 aromatic rings. The molecule has 0 atom stereocenters. The highest BCUT2D eigenvalue weighted by Gasteiger charge is 2.16. The first kappa shape index (κ1) is 12.2. The van der Waals surface area contributed by atoms with Gasteiger partial charge < -0.3 is 4.98 Å². The molecule has 2 rings (SSSR count). The number of nitrogens with one attached hydrogen (secondary N) is 1. The van der Waals surface area contributed by atoms with Gasteiger partial charge in [-0.15, -0.1) is 0 Å². The Morgan fingerprint density at radius 2 is 1.35 bits per heavy atom. The molecule has 0 saturated heterocycles. The van der Waals surface area contributed by atoms with E-state index in [1.165, 1.54) is 27.8 Å². The molecule has 0 aliphatic carbocycles. The van der Waals surface area contributed by atoms with Crippen molar-refractivity contribution in [1.82, 2.24) is 9.97 Å². The predicted molar refractivity (Wildman–Crippen MR) is 72.4 cm³/mol. The molecule has 17 heavy (non-hydrogen) atoms. The number of H-pyrrole nitrogens is 1. The number of hydrogen-bond donors (Lipinski definition) is 1. The molecule has 0 bridgehead atoms. The van der Waals surface area contributed by atoms with Crippen LogP contribution in [0.15, 0.2) is 0 Å². The molecule has 0 unspecified atom stereocenters. The van der Waals surface area contributed by atoms with Crippen molar-refractivity contribution in [2.24, 2.45) is 0 Å². The summed E-state index contributed by atoms with van der Waals surface area (Å²) in [6, 6.07) is 0. The van der Waals surface area contributed by atoms with Gasteiger partial charge in [0.1, 0.15) is 0 Å². The summed E-state index contributed by atoms with van der Waals surface area (Å²) in [7, 11) is 0. The van der Waals surface area contributed by atoms with E-state index in [0.29, 0.717) is 0 Å². The van der Waals surface area contributed by atoms with Gasteiger partial charge in [-0.3, -0.25) is 0 Å². The summed E-state index contributed by atoms with van der Waals surface area (Å²) >= 11 is 0. The zero-order valence-electron chi connectivity index (χ0n) is 11.3. The minimum Gasteiger partial charge on any atom is -0.335 e. The van der Waals surface area contributed by atoms with Crippen molar-refractivity contribution >= 4 is 11.0 Å². The van der Waals surface area contributed by atoms with Crippen LogP contribution in [0.2, 0.25) is 0 Å². The van der Waals surface area contributed by atoms with E-state index in [1.807, 2.05) is 0 Å². The van der Waals surface area contributed by atoms with Crippen LogP contribution in [-0.4, -0.2) is 9.97 Å². The van der Waals surface area contributed by atoms with Crippen molar-refractivity contribution < 1.29 is 0 Å². The van der Waals surface area contributed by atoms with E-state index in [2.05, 4.69) is 44.0 Å². The summed E-state index contributed by atoms with van der Waals surface area (Å²) in [5.41, 5.74) is 8.23. The van der Waals surface area contributed by atoms with Crippen molar-refractivity contribution in [3.63, 3.8) is 0 Å². The number of benzene rings is 1. The second-order valence-corrected chi connectivity index (χ2v) is 4.40. The van der Waals surface area contributed by atoms with Gasteiger partial charge in [-0.1, -0.05) is 27.7 Å². The summed E-state index contributed by atoms with van der Waals surface area (Å²) in [5, 5.41) is 0. The fraction of sp³-hybridized carbons (Fsp3) is 0.533. The van der Waals surface area contributed by atoms with Crippen LogP contribution in [0.25, 0.3) is 11.0 Å². The molecule has 1 aromatic heterocycles. The second-order valence-electron chi connectivity index (χ2n) is 4.40. The van der Waals surface area contributed by atoms with E-state index in [1.54, 1.807) is 0 Å². The van der Waals surface area contributed by atoms with Crippen LogP contribution in [0.5, 0.6) is 0 Å². The second kappa shape index (κ2) is 4.91. The average Bonchev–Trinajstić information content (AvgIpc) is 2.84. The largest absolute Gasteiger partial charge is 0.335 e. The summed E-state index contributed by atoms with van der Waals surface area (Å²) in [6.07, 6.45) is 7.23. The molecule has 91 valence electrons. The van der Waals surface area contributed by atoms with Gasteiger partial charge in [0.25, 0.3) is 0 Å². The lowest BCUT2D eigenvalue weighted by Crippen LogP contribution is -2.04. The standard InChI is InChI=1S/C15H21N2/c1-5-10-11(6-2)13(8-4)15-14(12(10)7-3)16-9-17-15/h5-8H2,1-4H3,(H,16,17). The third-order valence-corrected chi connectivity index (χ3v) is 3.68. The SMILES string of the molecule is CCc1c(CC)c(CC)c2[nH][c]nc2c1CC. The predicted octanol–water partition coefficient (Wildman–Crippen LogP) is 3.61. The van der Waals surface area contributed by atoms with Gasteiger partial charge in [-0.05, 0) is 47.9 Å². The highest BCUT2D eigenvalue weighted by atomic mass is 14.9. The Morgan fingerprint density at radius 1 is 0.824 bits per heavy atom. The van der Waals surface area contributed by atoms with E-state index in [9.17, 15) is 0 Å². The average molecular weight is 229 g/mol. The van der Waals surface area contributed by atoms with Gasteiger partial charge >= 0.3 is 0 Å². The fourth-order valence-corrected chi connectivity index (χ4v) is 2.97. The Morgan fingerprint density at radius 3 is 1.88 bits per heavy atom. The van der Waals surface area contributed by atoms with Gasteiger partial charge in [-0.25, -0.2) is 4.98 Å². The summed E-state index contributed by atoms with van der Waals surface area (Å²) in [4.78, 5) is 7.61. The smallest absolute Gasteiger partial charge is 0.174 e. The Hall–Kier alpha value is -1.31. The van der Waals surface area contributed by atoms with Crippen molar-refractivity contribution in [2.75, 3.05) is 0 Å².